The van der Waals surface area contributed by atoms with Crippen LogP contribution < -0.4 is 5.32 Å². The number of thioether (sulfide) groups is 1. The van der Waals surface area contributed by atoms with Gasteiger partial charge in [-0.3, -0.25) is 9.59 Å². The molecule has 0 aliphatic heterocycles. The van der Waals surface area contributed by atoms with Crippen LogP contribution in [0.4, 0.5) is 0 Å². The van der Waals surface area contributed by atoms with Gasteiger partial charge in [0, 0.05) is 18.0 Å². The number of hydrogen-bond acceptors (Lipinski definition) is 4. The van der Waals surface area contributed by atoms with E-state index in [1.165, 1.54) is 11.8 Å². The SMILES string of the molecule is CCN(CC)C(=O)CSCC(=O)NC(C)c1cccs1. The van der Waals surface area contributed by atoms with Crippen molar-refractivity contribution >= 4 is 34.9 Å². The summed E-state index contributed by atoms with van der Waals surface area (Å²) >= 11 is 3.00. The number of thiophene rings is 1. The molecular formula is C14H22N2O2S2. The Hall–Kier alpha value is -1.01. The molecule has 0 aromatic carbocycles. The van der Waals surface area contributed by atoms with Gasteiger partial charge >= 0.3 is 0 Å². The lowest BCUT2D eigenvalue weighted by atomic mass is 10.3. The fourth-order valence-electron chi connectivity index (χ4n) is 1.79. The molecule has 1 rings (SSSR count). The molecule has 0 bridgehead atoms. The van der Waals surface area contributed by atoms with E-state index >= 15 is 0 Å². The molecule has 0 saturated heterocycles. The molecule has 1 heterocycles. The monoisotopic (exact) mass is 314 g/mol. The summed E-state index contributed by atoms with van der Waals surface area (Å²) in [7, 11) is 0. The van der Waals surface area contributed by atoms with E-state index in [2.05, 4.69) is 5.32 Å². The first kappa shape index (κ1) is 17.0. The largest absolute Gasteiger partial charge is 0.348 e. The summed E-state index contributed by atoms with van der Waals surface area (Å²) in [6.45, 7) is 7.33. The van der Waals surface area contributed by atoms with E-state index in [0.717, 1.165) is 18.0 Å². The molecule has 0 saturated carbocycles. The molecule has 1 atom stereocenters. The summed E-state index contributed by atoms with van der Waals surface area (Å²) in [5.41, 5.74) is 0. The molecular weight excluding hydrogens is 292 g/mol. The van der Waals surface area contributed by atoms with Gasteiger partial charge in [-0.15, -0.1) is 23.1 Å². The van der Waals surface area contributed by atoms with Crippen molar-refractivity contribution in [1.29, 1.82) is 0 Å². The van der Waals surface area contributed by atoms with Gasteiger partial charge in [-0.1, -0.05) is 6.07 Å². The summed E-state index contributed by atoms with van der Waals surface area (Å²) < 4.78 is 0. The van der Waals surface area contributed by atoms with Crippen molar-refractivity contribution < 1.29 is 9.59 Å². The first-order valence-electron chi connectivity index (χ1n) is 6.76. The number of amides is 2. The lowest BCUT2D eigenvalue weighted by Gasteiger charge is -2.18. The third-order valence-corrected chi connectivity index (χ3v) is 4.89. The van der Waals surface area contributed by atoms with Crippen molar-refractivity contribution in [1.82, 2.24) is 10.2 Å². The highest BCUT2D eigenvalue weighted by molar-refractivity contribution is 8.00. The summed E-state index contributed by atoms with van der Waals surface area (Å²) in [5, 5.41) is 4.93. The third-order valence-electron chi connectivity index (χ3n) is 2.92. The van der Waals surface area contributed by atoms with Crippen LogP contribution in [0.3, 0.4) is 0 Å². The van der Waals surface area contributed by atoms with Gasteiger partial charge in [-0.2, -0.15) is 0 Å². The van der Waals surface area contributed by atoms with Gasteiger partial charge in [0.1, 0.15) is 0 Å². The van der Waals surface area contributed by atoms with Crippen LogP contribution in [-0.4, -0.2) is 41.3 Å². The average Bonchev–Trinajstić information content (AvgIpc) is 2.94. The van der Waals surface area contributed by atoms with Crippen molar-refractivity contribution in [3.05, 3.63) is 22.4 Å². The summed E-state index contributed by atoms with van der Waals surface area (Å²) in [6.07, 6.45) is 0. The topological polar surface area (TPSA) is 49.4 Å². The zero-order valence-electron chi connectivity index (χ0n) is 12.2. The van der Waals surface area contributed by atoms with Crippen LogP contribution in [0.2, 0.25) is 0 Å². The number of carbonyl (C=O) groups excluding carboxylic acids is 2. The lowest BCUT2D eigenvalue weighted by Crippen LogP contribution is -2.33. The second kappa shape index (κ2) is 9.02. The lowest BCUT2D eigenvalue weighted by molar-refractivity contribution is -0.127. The molecule has 1 unspecified atom stereocenters. The van der Waals surface area contributed by atoms with Crippen molar-refractivity contribution in [3.63, 3.8) is 0 Å². The average molecular weight is 314 g/mol. The molecule has 112 valence electrons. The van der Waals surface area contributed by atoms with Gasteiger partial charge in [0.25, 0.3) is 0 Å². The van der Waals surface area contributed by atoms with Gasteiger partial charge in [0.15, 0.2) is 0 Å². The zero-order chi connectivity index (χ0) is 15.0. The van der Waals surface area contributed by atoms with E-state index in [0.29, 0.717) is 11.5 Å². The minimum absolute atomic E-state index is 0.0248. The van der Waals surface area contributed by atoms with E-state index in [1.54, 1.807) is 16.2 Å². The minimum Gasteiger partial charge on any atom is -0.348 e. The van der Waals surface area contributed by atoms with Crippen LogP contribution >= 0.6 is 23.1 Å². The summed E-state index contributed by atoms with van der Waals surface area (Å²) in [4.78, 5) is 26.5. The normalized spacial score (nSPS) is 11.9. The molecule has 1 N–H and O–H groups in total. The highest BCUT2D eigenvalue weighted by atomic mass is 32.2. The number of nitrogens with zero attached hydrogens (tertiary/aromatic N) is 1. The van der Waals surface area contributed by atoms with Crippen molar-refractivity contribution in [2.45, 2.75) is 26.8 Å². The van der Waals surface area contributed by atoms with E-state index < -0.39 is 0 Å². The summed E-state index contributed by atoms with van der Waals surface area (Å²) in [6, 6.07) is 4.01. The molecule has 1 aromatic heterocycles. The molecule has 0 aliphatic carbocycles. The van der Waals surface area contributed by atoms with E-state index in [4.69, 9.17) is 0 Å². The van der Waals surface area contributed by atoms with Crippen LogP contribution in [0.5, 0.6) is 0 Å². The van der Waals surface area contributed by atoms with Crippen LogP contribution in [0, 0.1) is 0 Å². The Morgan fingerprint density at radius 1 is 1.35 bits per heavy atom. The Kier molecular flexibility index (Phi) is 7.69. The van der Waals surface area contributed by atoms with Crippen molar-refractivity contribution in [3.8, 4) is 0 Å². The first-order valence-corrected chi connectivity index (χ1v) is 8.80. The van der Waals surface area contributed by atoms with Crippen LogP contribution in [-0.2, 0) is 9.59 Å². The van der Waals surface area contributed by atoms with Gasteiger partial charge in [-0.05, 0) is 32.2 Å². The molecule has 0 fully saturated rings. The molecule has 2 amide bonds. The molecule has 6 heteroatoms. The Morgan fingerprint density at radius 2 is 2.05 bits per heavy atom. The van der Waals surface area contributed by atoms with Gasteiger partial charge in [0.2, 0.25) is 11.8 Å². The highest BCUT2D eigenvalue weighted by Gasteiger charge is 2.13. The maximum atomic E-state index is 11.8. The standard InChI is InChI=1S/C14H22N2O2S2/c1-4-16(5-2)14(18)10-19-9-13(17)15-11(3)12-7-6-8-20-12/h6-8,11H,4-5,9-10H2,1-3H3,(H,15,17). The molecule has 0 spiro atoms. The van der Waals surface area contributed by atoms with E-state index in [-0.39, 0.29) is 17.9 Å². The van der Waals surface area contributed by atoms with Crippen molar-refractivity contribution in [2.24, 2.45) is 0 Å². The fourth-order valence-corrected chi connectivity index (χ4v) is 3.25. The molecule has 4 nitrogen and oxygen atoms in total. The predicted molar refractivity (Wildman–Crippen MR) is 86.1 cm³/mol. The molecule has 0 aliphatic rings. The summed E-state index contributed by atoms with van der Waals surface area (Å²) in [5.74, 6) is 0.757. The van der Waals surface area contributed by atoms with Gasteiger partial charge in [-0.25, -0.2) is 0 Å². The third kappa shape index (κ3) is 5.54. The number of hydrogen-bond donors (Lipinski definition) is 1. The Labute approximate surface area is 128 Å². The van der Waals surface area contributed by atoms with Crippen molar-refractivity contribution in [2.75, 3.05) is 24.6 Å². The van der Waals surface area contributed by atoms with Gasteiger partial charge in [0.05, 0.1) is 17.5 Å². The number of carbonyl (C=O) groups is 2. The predicted octanol–water partition coefficient (Wildman–Crippen LogP) is 2.53. The maximum absolute atomic E-state index is 11.8. The minimum atomic E-state index is -0.0248. The van der Waals surface area contributed by atoms with E-state index in [1.807, 2.05) is 38.3 Å². The second-order valence-electron chi connectivity index (χ2n) is 4.36. The zero-order valence-corrected chi connectivity index (χ0v) is 13.9. The molecule has 20 heavy (non-hydrogen) atoms. The Bertz CT molecular complexity index is 417. The van der Waals surface area contributed by atoms with E-state index in [9.17, 15) is 9.59 Å². The van der Waals surface area contributed by atoms with Gasteiger partial charge < -0.3 is 10.2 Å². The molecule has 0 radical (unpaired) electrons. The smallest absolute Gasteiger partial charge is 0.232 e. The Morgan fingerprint density at radius 3 is 2.60 bits per heavy atom. The van der Waals surface area contributed by atoms with Crippen LogP contribution in [0.1, 0.15) is 31.7 Å². The quantitative estimate of drug-likeness (QED) is 0.802. The maximum Gasteiger partial charge on any atom is 0.232 e. The van der Waals surface area contributed by atoms with Crippen LogP contribution in [0.25, 0.3) is 0 Å². The second-order valence-corrected chi connectivity index (χ2v) is 6.33. The Balaban J connectivity index is 2.25. The molecule has 1 aromatic rings. The number of nitrogens with one attached hydrogen (secondary N) is 1. The fraction of sp³-hybridized carbons (Fsp3) is 0.571. The first-order chi connectivity index (χ1) is 9.58. The number of rotatable bonds is 8. The highest BCUT2D eigenvalue weighted by Crippen LogP contribution is 2.18. The van der Waals surface area contributed by atoms with Crippen LogP contribution in [0.15, 0.2) is 17.5 Å².